The van der Waals surface area contributed by atoms with Gasteiger partial charge in [0, 0.05) is 22.9 Å². The van der Waals surface area contributed by atoms with Gasteiger partial charge >= 0.3 is 0 Å². The smallest absolute Gasteiger partial charge is 0.251 e. The third-order valence-corrected chi connectivity index (χ3v) is 4.71. The van der Waals surface area contributed by atoms with Crippen LogP contribution in [0.3, 0.4) is 0 Å². The van der Waals surface area contributed by atoms with Gasteiger partial charge in [-0.1, -0.05) is 0 Å². The number of hydrogen-bond donors (Lipinski definition) is 1. The molecular weight excluding hydrogens is 296 g/mol. The van der Waals surface area contributed by atoms with E-state index >= 15 is 0 Å². The van der Waals surface area contributed by atoms with Crippen molar-refractivity contribution in [3.63, 3.8) is 0 Å². The largest absolute Gasteiger partial charge is 0.346 e. The number of amides is 1. The van der Waals surface area contributed by atoms with Crippen LogP contribution in [0.2, 0.25) is 0 Å². The number of carbonyl (C=O) groups excluding carboxylic acids is 1. The Morgan fingerprint density at radius 1 is 1.30 bits per heavy atom. The van der Waals surface area contributed by atoms with Crippen LogP contribution in [0.15, 0.2) is 34.5 Å². The molecule has 106 valence electrons. The van der Waals surface area contributed by atoms with Gasteiger partial charge in [-0.25, -0.2) is 13.4 Å². The first kappa shape index (κ1) is 14.7. The second-order valence-corrected chi connectivity index (χ2v) is 7.32. The molecule has 0 fully saturated rings. The number of carbonyl (C=O) groups is 1. The fraction of sp³-hybridized carbons (Fsp3) is 0.231. The molecule has 0 saturated carbocycles. The summed E-state index contributed by atoms with van der Waals surface area (Å²) in [5.41, 5.74) is 1.35. The zero-order valence-corrected chi connectivity index (χ0v) is 12.7. The van der Waals surface area contributed by atoms with Crippen molar-refractivity contribution in [3.8, 4) is 0 Å². The van der Waals surface area contributed by atoms with Gasteiger partial charge in [-0.15, -0.1) is 11.3 Å². The van der Waals surface area contributed by atoms with Crippen LogP contribution in [0.5, 0.6) is 0 Å². The van der Waals surface area contributed by atoms with Gasteiger partial charge in [0.15, 0.2) is 9.84 Å². The predicted octanol–water partition coefficient (Wildman–Crippen LogP) is 1.79. The van der Waals surface area contributed by atoms with Crippen LogP contribution in [0.25, 0.3) is 0 Å². The Morgan fingerprint density at radius 3 is 2.45 bits per heavy atom. The summed E-state index contributed by atoms with van der Waals surface area (Å²) in [6, 6.07) is 5.85. The highest BCUT2D eigenvalue weighted by atomic mass is 32.2. The monoisotopic (exact) mass is 310 g/mol. The maximum absolute atomic E-state index is 11.9. The van der Waals surface area contributed by atoms with E-state index in [0.29, 0.717) is 12.1 Å². The number of sulfone groups is 1. The number of hydrogen-bond acceptors (Lipinski definition) is 5. The topological polar surface area (TPSA) is 76.1 Å². The van der Waals surface area contributed by atoms with Crippen molar-refractivity contribution in [3.05, 3.63) is 45.9 Å². The molecule has 1 N–H and O–H groups in total. The van der Waals surface area contributed by atoms with Crippen LogP contribution in [0.4, 0.5) is 0 Å². The lowest BCUT2D eigenvalue weighted by molar-refractivity contribution is 0.0950. The van der Waals surface area contributed by atoms with E-state index in [2.05, 4.69) is 10.3 Å². The number of nitrogens with one attached hydrogen (secondary N) is 1. The van der Waals surface area contributed by atoms with Crippen LogP contribution in [0, 0.1) is 6.92 Å². The summed E-state index contributed by atoms with van der Waals surface area (Å²) >= 11 is 1.49. The average molecular weight is 310 g/mol. The van der Waals surface area contributed by atoms with E-state index in [9.17, 15) is 13.2 Å². The SMILES string of the molecule is Cc1csc(CNC(=O)c2ccc(S(C)(=O)=O)cc2)n1. The van der Waals surface area contributed by atoms with Gasteiger partial charge in [0.2, 0.25) is 0 Å². The molecule has 0 aliphatic heterocycles. The first-order chi connectivity index (χ1) is 9.36. The molecule has 0 aliphatic carbocycles. The minimum Gasteiger partial charge on any atom is -0.346 e. The molecule has 2 rings (SSSR count). The highest BCUT2D eigenvalue weighted by Gasteiger charge is 2.10. The van der Waals surface area contributed by atoms with Gasteiger partial charge in [-0.05, 0) is 31.2 Å². The van der Waals surface area contributed by atoms with Crippen molar-refractivity contribution in [2.24, 2.45) is 0 Å². The molecule has 1 aromatic heterocycles. The summed E-state index contributed by atoms with van der Waals surface area (Å²) in [7, 11) is -3.24. The molecule has 5 nitrogen and oxygen atoms in total. The van der Waals surface area contributed by atoms with Gasteiger partial charge in [0.1, 0.15) is 5.01 Å². The van der Waals surface area contributed by atoms with Crippen molar-refractivity contribution in [1.82, 2.24) is 10.3 Å². The lowest BCUT2D eigenvalue weighted by Crippen LogP contribution is -2.22. The summed E-state index contributed by atoms with van der Waals surface area (Å²) in [6.45, 7) is 2.26. The highest BCUT2D eigenvalue weighted by molar-refractivity contribution is 7.90. The Kier molecular flexibility index (Phi) is 4.20. The molecule has 0 bridgehead atoms. The molecule has 1 aromatic carbocycles. The molecule has 0 spiro atoms. The number of aromatic nitrogens is 1. The van der Waals surface area contributed by atoms with Gasteiger partial charge in [0.25, 0.3) is 5.91 Å². The second-order valence-electron chi connectivity index (χ2n) is 4.36. The fourth-order valence-corrected chi connectivity index (χ4v) is 2.94. The van der Waals surface area contributed by atoms with E-state index in [1.807, 2.05) is 12.3 Å². The molecule has 0 atom stereocenters. The summed E-state index contributed by atoms with van der Waals surface area (Å²) in [6.07, 6.45) is 1.13. The minimum absolute atomic E-state index is 0.199. The van der Waals surface area contributed by atoms with Crippen molar-refractivity contribution in [2.45, 2.75) is 18.4 Å². The van der Waals surface area contributed by atoms with Crippen molar-refractivity contribution in [1.29, 1.82) is 0 Å². The standard InChI is InChI=1S/C13H14N2O3S2/c1-9-8-19-12(15-9)7-14-13(16)10-3-5-11(6-4-10)20(2,17)18/h3-6,8H,7H2,1-2H3,(H,14,16). The molecule has 20 heavy (non-hydrogen) atoms. The molecule has 1 heterocycles. The Morgan fingerprint density at radius 2 is 1.95 bits per heavy atom. The number of nitrogens with zero attached hydrogens (tertiary/aromatic N) is 1. The third kappa shape index (κ3) is 3.64. The van der Waals surface area contributed by atoms with Gasteiger partial charge in [-0.3, -0.25) is 4.79 Å². The van der Waals surface area contributed by atoms with E-state index in [0.717, 1.165) is 17.0 Å². The van der Waals surface area contributed by atoms with E-state index in [1.54, 1.807) is 0 Å². The molecule has 0 unspecified atom stereocenters. The number of thiazole rings is 1. The first-order valence-corrected chi connectivity index (χ1v) is 8.63. The predicted molar refractivity (Wildman–Crippen MR) is 77.6 cm³/mol. The van der Waals surface area contributed by atoms with Crippen LogP contribution in [0.1, 0.15) is 21.1 Å². The first-order valence-electron chi connectivity index (χ1n) is 5.85. The maximum atomic E-state index is 11.9. The van der Waals surface area contributed by atoms with Crippen LogP contribution >= 0.6 is 11.3 Å². The summed E-state index contributed by atoms with van der Waals surface area (Å²) in [4.78, 5) is 16.3. The minimum atomic E-state index is -3.24. The maximum Gasteiger partial charge on any atom is 0.251 e. The van der Waals surface area contributed by atoms with Gasteiger partial charge in [-0.2, -0.15) is 0 Å². The molecular formula is C13H14N2O3S2. The zero-order chi connectivity index (χ0) is 14.8. The van der Waals surface area contributed by atoms with E-state index in [1.165, 1.54) is 35.6 Å². The van der Waals surface area contributed by atoms with Crippen LogP contribution in [-0.2, 0) is 16.4 Å². The van der Waals surface area contributed by atoms with E-state index < -0.39 is 9.84 Å². The molecule has 2 aromatic rings. The number of aryl methyl sites for hydroxylation is 1. The molecule has 0 aliphatic rings. The highest BCUT2D eigenvalue weighted by Crippen LogP contribution is 2.11. The zero-order valence-electron chi connectivity index (χ0n) is 11.1. The lowest BCUT2D eigenvalue weighted by atomic mass is 10.2. The van der Waals surface area contributed by atoms with E-state index in [4.69, 9.17) is 0 Å². The van der Waals surface area contributed by atoms with Crippen molar-refractivity contribution >= 4 is 27.1 Å². The Labute approximate surface area is 121 Å². The van der Waals surface area contributed by atoms with Gasteiger partial charge in [0.05, 0.1) is 11.4 Å². The van der Waals surface area contributed by atoms with Crippen molar-refractivity contribution < 1.29 is 13.2 Å². The Balaban J connectivity index is 2.02. The third-order valence-electron chi connectivity index (χ3n) is 2.61. The number of benzene rings is 1. The average Bonchev–Trinajstić information content (AvgIpc) is 2.81. The summed E-state index contributed by atoms with van der Waals surface area (Å²) in [5.74, 6) is -0.252. The van der Waals surface area contributed by atoms with Crippen LogP contribution < -0.4 is 5.32 Å². The second kappa shape index (κ2) is 5.72. The van der Waals surface area contributed by atoms with E-state index in [-0.39, 0.29) is 10.8 Å². The lowest BCUT2D eigenvalue weighted by Gasteiger charge is -2.04. The quantitative estimate of drug-likeness (QED) is 0.934. The normalized spacial score (nSPS) is 11.3. The van der Waals surface area contributed by atoms with Crippen molar-refractivity contribution in [2.75, 3.05) is 6.26 Å². The van der Waals surface area contributed by atoms with Crippen LogP contribution in [-0.4, -0.2) is 25.6 Å². The molecule has 0 radical (unpaired) electrons. The molecule has 0 saturated heterocycles. The molecule has 1 amide bonds. The molecule has 7 heteroatoms. The Bertz CT molecular complexity index is 718. The summed E-state index contributed by atoms with van der Waals surface area (Å²) in [5, 5.41) is 5.50. The van der Waals surface area contributed by atoms with Gasteiger partial charge < -0.3 is 5.32 Å². The number of rotatable bonds is 4. The fourth-order valence-electron chi connectivity index (χ4n) is 1.60. The Hall–Kier alpha value is -1.73. The summed E-state index contributed by atoms with van der Waals surface area (Å²) < 4.78 is 22.6.